The van der Waals surface area contributed by atoms with Gasteiger partial charge < -0.3 is 18.7 Å². The predicted octanol–water partition coefficient (Wildman–Crippen LogP) is 0.863. The zero-order valence-electron chi connectivity index (χ0n) is 18.8. The first kappa shape index (κ1) is 24.9. The lowest BCUT2D eigenvalue weighted by atomic mass is 10.2. The van der Waals surface area contributed by atoms with E-state index < -0.39 is 61.5 Å². The maximum Gasteiger partial charge on any atom is 0.459 e. The number of aromatic amines is 1. The maximum absolute atomic E-state index is 13.6. The van der Waals surface area contributed by atoms with Gasteiger partial charge in [0.2, 0.25) is 0 Å². The van der Waals surface area contributed by atoms with Crippen LogP contribution in [0.15, 0.2) is 52.2 Å². The number of nitrogens with zero attached hydrogens (tertiary/aromatic N) is 1. The average molecular weight is 509 g/mol. The molecule has 1 aromatic heterocycles. The molecule has 0 amide bonds. The fourth-order valence-corrected chi connectivity index (χ4v) is 5.04. The van der Waals surface area contributed by atoms with Crippen molar-refractivity contribution in [2.45, 2.75) is 50.8 Å². The zero-order valence-corrected chi connectivity index (χ0v) is 19.7. The van der Waals surface area contributed by atoms with Crippen LogP contribution in [-0.2, 0) is 32.9 Å². The highest BCUT2D eigenvalue weighted by molar-refractivity contribution is 7.52. The van der Waals surface area contributed by atoms with Crippen LogP contribution in [0, 0.1) is 0 Å². The van der Waals surface area contributed by atoms with Gasteiger partial charge in [-0.2, -0.15) is 5.09 Å². The zero-order chi connectivity index (χ0) is 25.2. The summed E-state index contributed by atoms with van der Waals surface area (Å²) in [7, 11) is -4.16. The van der Waals surface area contributed by atoms with Crippen LogP contribution in [0.5, 0.6) is 5.75 Å². The van der Waals surface area contributed by atoms with Gasteiger partial charge in [-0.05, 0) is 26.0 Å². The molecule has 1 aromatic carbocycles. The van der Waals surface area contributed by atoms with Crippen molar-refractivity contribution in [1.82, 2.24) is 14.6 Å². The van der Waals surface area contributed by atoms with E-state index in [2.05, 4.69) is 10.1 Å². The van der Waals surface area contributed by atoms with E-state index in [0.717, 1.165) is 10.6 Å². The summed E-state index contributed by atoms with van der Waals surface area (Å²) in [5.74, 6) is -1.48. The molecule has 0 spiro atoms. The molecule has 14 heteroatoms. The first-order chi connectivity index (χ1) is 16.6. The fraction of sp³-hybridized carbons (Fsp3) is 0.429. The third-order valence-electron chi connectivity index (χ3n) is 5.32. The molecule has 3 heterocycles. The Morgan fingerprint density at radius 1 is 1.00 bits per heavy atom. The summed E-state index contributed by atoms with van der Waals surface area (Å²) in [6, 6.07) is 8.17. The van der Waals surface area contributed by atoms with Gasteiger partial charge in [-0.25, -0.2) is 14.2 Å². The Morgan fingerprint density at radius 3 is 2.46 bits per heavy atom. The van der Waals surface area contributed by atoms with Crippen molar-refractivity contribution < 1.29 is 37.4 Å². The minimum Gasteiger partial charge on any atom is -0.457 e. The molecule has 2 fully saturated rings. The number of H-pyrrole nitrogens is 1. The highest BCUT2D eigenvalue weighted by atomic mass is 31.2. The topological polar surface area (TPSA) is 164 Å². The summed E-state index contributed by atoms with van der Waals surface area (Å²) in [6.45, 7) is 2.34. The monoisotopic (exact) mass is 509 g/mol. The average Bonchev–Trinajstić information content (AvgIpc) is 3.19. The van der Waals surface area contributed by atoms with Gasteiger partial charge in [-0.15, -0.1) is 0 Å². The molecule has 13 nitrogen and oxygen atoms in total. The molecule has 2 aromatic rings. The number of rotatable bonds is 3. The van der Waals surface area contributed by atoms with E-state index in [4.69, 9.17) is 23.3 Å². The summed E-state index contributed by atoms with van der Waals surface area (Å²) < 4.78 is 42.3. The van der Waals surface area contributed by atoms with E-state index in [9.17, 15) is 23.7 Å². The van der Waals surface area contributed by atoms with Crippen LogP contribution < -0.4 is 20.9 Å². The van der Waals surface area contributed by atoms with Crippen LogP contribution >= 0.6 is 7.75 Å². The molecule has 0 radical (unpaired) electrons. The number of benzene rings is 1. The van der Waals surface area contributed by atoms with E-state index in [0.29, 0.717) is 0 Å². The Bertz CT molecular complexity index is 1250. The summed E-state index contributed by atoms with van der Waals surface area (Å²) in [5.41, 5.74) is -1.30. The number of para-hydroxylation sites is 1. The molecule has 2 aliphatic rings. The Balaban J connectivity index is 1.62. The number of carbonyl (C=O) groups excluding carboxylic acids is 2. The van der Waals surface area contributed by atoms with Gasteiger partial charge in [-0.1, -0.05) is 18.2 Å². The number of hydrogen-bond acceptors (Lipinski definition) is 10. The third kappa shape index (κ3) is 5.88. The SMILES string of the molecule is CC1NP(=O)(Oc2ccccc2)OC[C@H]2OC(n3ccc(=O)[nH]c3=O)C[C@@H]2OC(=O)[C@H](C)OC1=O. The van der Waals surface area contributed by atoms with E-state index in [1.807, 2.05) is 0 Å². The van der Waals surface area contributed by atoms with Crippen LogP contribution in [0.25, 0.3) is 0 Å². The number of ether oxygens (including phenoxy) is 3. The molecule has 0 saturated carbocycles. The summed E-state index contributed by atoms with van der Waals surface area (Å²) in [4.78, 5) is 50.7. The molecule has 2 aliphatic heterocycles. The molecule has 0 bridgehead atoms. The standard InChI is InChI=1S/C21H24N3O10P/c1-12-19(26)31-13(2)20(27)33-15-10-18(24-9-8-17(25)22-21(24)28)32-16(15)11-30-35(29,23-12)34-14-6-4-3-5-7-14/h3-9,12-13,15-16,18H,10-11H2,1-2H3,(H,23,29)(H,22,25,28)/t12?,13-,15-,16+,18?,35?/m0/s1. The van der Waals surface area contributed by atoms with Gasteiger partial charge in [0.05, 0.1) is 6.61 Å². The summed E-state index contributed by atoms with van der Waals surface area (Å²) >= 11 is 0. The number of hydrogen-bond donors (Lipinski definition) is 2. The van der Waals surface area contributed by atoms with Crippen molar-refractivity contribution in [3.05, 3.63) is 63.4 Å². The minimum absolute atomic E-state index is 0.0139. The largest absolute Gasteiger partial charge is 0.459 e. The van der Waals surface area contributed by atoms with Crippen LogP contribution in [0.3, 0.4) is 0 Å². The Kier molecular flexibility index (Phi) is 7.22. The van der Waals surface area contributed by atoms with Crippen molar-refractivity contribution in [3.8, 4) is 5.75 Å². The number of esters is 2. The van der Waals surface area contributed by atoms with Gasteiger partial charge in [-0.3, -0.25) is 23.7 Å². The molecule has 6 atom stereocenters. The molecular weight excluding hydrogens is 485 g/mol. The molecule has 3 unspecified atom stereocenters. The Hall–Kier alpha value is -3.25. The normalized spacial score (nSPS) is 31.9. The maximum atomic E-state index is 13.6. The second-order valence-electron chi connectivity index (χ2n) is 7.99. The van der Waals surface area contributed by atoms with Crippen molar-refractivity contribution in [2.75, 3.05) is 6.61 Å². The second kappa shape index (κ2) is 10.2. The summed E-state index contributed by atoms with van der Waals surface area (Å²) in [5, 5.41) is 2.52. The third-order valence-corrected chi connectivity index (χ3v) is 6.96. The van der Waals surface area contributed by atoms with Gasteiger partial charge in [0.15, 0.2) is 6.10 Å². The number of fused-ring (bicyclic) bond motifs is 1. The van der Waals surface area contributed by atoms with E-state index in [1.165, 1.54) is 20.0 Å². The van der Waals surface area contributed by atoms with Crippen LogP contribution in [-0.4, -0.2) is 52.5 Å². The lowest BCUT2D eigenvalue weighted by molar-refractivity contribution is -0.173. The smallest absolute Gasteiger partial charge is 0.457 e. The van der Waals surface area contributed by atoms with Crippen molar-refractivity contribution in [1.29, 1.82) is 0 Å². The Labute approximate surface area is 198 Å². The molecule has 4 rings (SSSR count). The first-order valence-corrected chi connectivity index (χ1v) is 12.3. The number of aromatic nitrogens is 2. The quantitative estimate of drug-likeness (QED) is 0.445. The van der Waals surface area contributed by atoms with E-state index >= 15 is 0 Å². The van der Waals surface area contributed by atoms with E-state index in [1.54, 1.807) is 30.3 Å². The molecule has 2 N–H and O–H groups in total. The molecule has 0 aliphatic carbocycles. The lowest BCUT2D eigenvalue weighted by Gasteiger charge is -2.27. The van der Waals surface area contributed by atoms with Gasteiger partial charge in [0.25, 0.3) is 5.56 Å². The Morgan fingerprint density at radius 2 is 1.74 bits per heavy atom. The van der Waals surface area contributed by atoms with Crippen LogP contribution in [0.2, 0.25) is 0 Å². The van der Waals surface area contributed by atoms with Crippen molar-refractivity contribution in [2.24, 2.45) is 0 Å². The van der Waals surface area contributed by atoms with Gasteiger partial charge in [0.1, 0.15) is 30.2 Å². The molecule has 2 saturated heterocycles. The predicted molar refractivity (Wildman–Crippen MR) is 119 cm³/mol. The molecular formula is C21H24N3O10P. The lowest BCUT2D eigenvalue weighted by Crippen LogP contribution is -2.42. The second-order valence-corrected chi connectivity index (χ2v) is 9.68. The first-order valence-electron chi connectivity index (χ1n) is 10.8. The number of carbonyl (C=O) groups is 2. The molecule has 188 valence electrons. The minimum atomic E-state index is -4.16. The van der Waals surface area contributed by atoms with Gasteiger partial charge >= 0.3 is 25.4 Å². The van der Waals surface area contributed by atoms with Crippen LogP contribution in [0.1, 0.15) is 26.5 Å². The molecule has 35 heavy (non-hydrogen) atoms. The highest BCUT2D eigenvalue weighted by Gasteiger charge is 2.43. The highest BCUT2D eigenvalue weighted by Crippen LogP contribution is 2.46. The van der Waals surface area contributed by atoms with E-state index in [-0.39, 0.29) is 18.8 Å². The van der Waals surface area contributed by atoms with Crippen molar-refractivity contribution >= 4 is 19.7 Å². The van der Waals surface area contributed by atoms with Crippen LogP contribution in [0.4, 0.5) is 0 Å². The fourth-order valence-electron chi connectivity index (χ4n) is 3.54. The van der Waals surface area contributed by atoms with Gasteiger partial charge in [0, 0.05) is 18.7 Å². The number of nitrogens with one attached hydrogen (secondary N) is 2. The van der Waals surface area contributed by atoms with Crippen molar-refractivity contribution in [3.63, 3.8) is 0 Å². The summed E-state index contributed by atoms with van der Waals surface area (Å²) in [6.07, 6.45) is -2.84. The number of cyclic esters (lactones) is 1.